The van der Waals surface area contributed by atoms with Gasteiger partial charge in [0, 0.05) is 13.6 Å². The quantitative estimate of drug-likeness (QED) is 0.748. The van der Waals surface area contributed by atoms with E-state index in [-0.39, 0.29) is 5.91 Å². The van der Waals surface area contributed by atoms with Crippen LogP contribution in [0.4, 0.5) is 0 Å². The zero-order chi connectivity index (χ0) is 16.9. The predicted octanol–water partition coefficient (Wildman–Crippen LogP) is 2.94. The molecule has 24 heavy (non-hydrogen) atoms. The Balaban J connectivity index is 1.61. The first-order valence-corrected chi connectivity index (χ1v) is 8.59. The maximum Gasteiger partial charge on any atom is 0.265 e. The van der Waals surface area contributed by atoms with Crippen molar-refractivity contribution in [2.75, 3.05) is 13.6 Å². The van der Waals surface area contributed by atoms with Crippen LogP contribution >= 0.6 is 11.3 Å². The van der Waals surface area contributed by atoms with Crippen molar-refractivity contribution < 1.29 is 4.79 Å². The van der Waals surface area contributed by atoms with Crippen LogP contribution in [0.5, 0.6) is 0 Å². The molecule has 0 spiro atoms. The average molecular weight is 341 g/mol. The van der Waals surface area contributed by atoms with Crippen molar-refractivity contribution in [3.05, 3.63) is 52.8 Å². The highest BCUT2D eigenvalue weighted by atomic mass is 32.1. The number of aromatic amines is 1. The molecule has 0 aliphatic heterocycles. The first kappa shape index (κ1) is 16.3. The summed E-state index contributed by atoms with van der Waals surface area (Å²) in [6.45, 7) is 2.56. The number of nitrogens with zero attached hydrogens (tertiary/aromatic N) is 4. The van der Waals surface area contributed by atoms with E-state index in [1.807, 2.05) is 32.2 Å². The van der Waals surface area contributed by atoms with Gasteiger partial charge in [0.25, 0.3) is 5.91 Å². The minimum atomic E-state index is 0.00354. The second-order valence-corrected chi connectivity index (χ2v) is 6.58. The number of benzene rings is 1. The average Bonchev–Trinajstić information content (AvgIpc) is 3.24. The molecule has 0 saturated heterocycles. The number of amides is 1. The van der Waals surface area contributed by atoms with E-state index in [0.29, 0.717) is 22.3 Å². The molecule has 6 nitrogen and oxygen atoms in total. The Morgan fingerprint density at radius 1 is 1.29 bits per heavy atom. The smallest absolute Gasteiger partial charge is 0.265 e. The van der Waals surface area contributed by atoms with E-state index in [4.69, 9.17) is 0 Å². The lowest BCUT2D eigenvalue weighted by Gasteiger charge is -2.16. The zero-order valence-electron chi connectivity index (χ0n) is 13.7. The maximum atomic E-state index is 12.6. The number of hydrogen-bond donors (Lipinski definition) is 1. The van der Waals surface area contributed by atoms with E-state index in [9.17, 15) is 4.79 Å². The number of rotatable bonds is 6. The molecule has 2 heterocycles. The first-order valence-electron chi connectivity index (χ1n) is 7.77. The normalized spacial score (nSPS) is 10.8. The maximum absolute atomic E-state index is 12.6. The van der Waals surface area contributed by atoms with Gasteiger partial charge in [-0.05, 0) is 25.3 Å². The largest absolute Gasteiger partial charge is 0.341 e. The molecule has 3 aromatic rings. The van der Waals surface area contributed by atoms with Gasteiger partial charge in [-0.25, -0.2) is 9.97 Å². The number of hydrogen-bond acceptors (Lipinski definition) is 5. The molecular formula is C17H19N5OS. The molecule has 0 fully saturated rings. The molecule has 0 radical (unpaired) electrons. The second kappa shape index (κ2) is 7.35. The SMILES string of the molecule is Cc1nc(-c2ncn[nH]2)sc1C(=O)N(C)CCCc1ccccc1. The number of aromatic nitrogens is 4. The summed E-state index contributed by atoms with van der Waals surface area (Å²) >= 11 is 1.35. The number of nitrogens with one attached hydrogen (secondary N) is 1. The van der Waals surface area contributed by atoms with Crippen molar-refractivity contribution in [2.24, 2.45) is 0 Å². The van der Waals surface area contributed by atoms with Crippen molar-refractivity contribution in [1.82, 2.24) is 25.1 Å². The van der Waals surface area contributed by atoms with Gasteiger partial charge in [0.2, 0.25) is 0 Å². The van der Waals surface area contributed by atoms with Gasteiger partial charge in [-0.15, -0.1) is 11.3 Å². The highest BCUT2D eigenvalue weighted by molar-refractivity contribution is 7.17. The molecule has 0 unspecified atom stereocenters. The van der Waals surface area contributed by atoms with Gasteiger partial charge in [-0.3, -0.25) is 9.89 Å². The summed E-state index contributed by atoms with van der Waals surface area (Å²) < 4.78 is 0. The lowest BCUT2D eigenvalue weighted by Crippen LogP contribution is -2.27. The van der Waals surface area contributed by atoms with Crippen molar-refractivity contribution in [2.45, 2.75) is 19.8 Å². The molecule has 1 N–H and O–H groups in total. The summed E-state index contributed by atoms with van der Waals surface area (Å²) in [6, 6.07) is 10.3. The second-order valence-electron chi connectivity index (χ2n) is 5.58. The van der Waals surface area contributed by atoms with Gasteiger partial charge in [0.05, 0.1) is 5.69 Å². The van der Waals surface area contributed by atoms with Crippen LogP contribution in [0.2, 0.25) is 0 Å². The number of aryl methyl sites for hydroxylation is 2. The first-order chi connectivity index (χ1) is 11.6. The molecule has 0 aliphatic carbocycles. The van der Waals surface area contributed by atoms with E-state index < -0.39 is 0 Å². The molecule has 0 bridgehead atoms. The van der Waals surface area contributed by atoms with E-state index >= 15 is 0 Å². The summed E-state index contributed by atoms with van der Waals surface area (Å²) in [5, 5.41) is 7.28. The van der Waals surface area contributed by atoms with Crippen LogP contribution in [0.25, 0.3) is 10.8 Å². The summed E-state index contributed by atoms with van der Waals surface area (Å²) in [6.07, 6.45) is 3.33. The summed E-state index contributed by atoms with van der Waals surface area (Å²) in [4.78, 5) is 23.6. The van der Waals surface area contributed by atoms with E-state index in [1.54, 1.807) is 4.90 Å². The fourth-order valence-corrected chi connectivity index (χ4v) is 3.45. The van der Waals surface area contributed by atoms with Gasteiger partial charge in [0.15, 0.2) is 10.8 Å². The lowest BCUT2D eigenvalue weighted by atomic mass is 10.1. The van der Waals surface area contributed by atoms with Gasteiger partial charge in [0.1, 0.15) is 11.2 Å². The van der Waals surface area contributed by atoms with Crippen LogP contribution < -0.4 is 0 Å². The van der Waals surface area contributed by atoms with Gasteiger partial charge >= 0.3 is 0 Å². The Hall–Kier alpha value is -2.54. The van der Waals surface area contributed by atoms with E-state index in [0.717, 1.165) is 18.5 Å². The Morgan fingerprint density at radius 3 is 2.79 bits per heavy atom. The molecule has 0 saturated carbocycles. The third-order valence-electron chi connectivity index (χ3n) is 3.76. The summed E-state index contributed by atoms with van der Waals surface area (Å²) in [5.41, 5.74) is 2.02. The van der Waals surface area contributed by atoms with Gasteiger partial charge in [-0.2, -0.15) is 5.10 Å². The number of carbonyl (C=O) groups excluding carboxylic acids is 1. The predicted molar refractivity (Wildman–Crippen MR) is 94.0 cm³/mol. The molecular weight excluding hydrogens is 322 g/mol. The van der Waals surface area contributed by atoms with Crippen LogP contribution in [0.1, 0.15) is 27.3 Å². The Bertz CT molecular complexity index is 798. The summed E-state index contributed by atoms with van der Waals surface area (Å²) in [7, 11) is 1.83. The van der Waals surface area contributed by atoms with Gasteiger partial charge < -0.3 is 4.90 Å². The molecule has 3 rings (SSSR count). The van der Waals surface area contributed by atoms with Crippen LogP contribution in [-0.2, 0) is 6.42 Å². The highest BCUT2D eigenvalue weighted by Crippen LogP contribution is 2.26. The molecule has 1 aromatic carbocycles. The van der Waals surface area contributed by atoms with Crippen molar-refractivity contribution in [3.8, 4) is 10.8 Å². The third-order valence-corrected chi connectivity index (χ3v) is 4.91. The van der Waals surface area contributed by atoms with Crippen molar-refractivity contribution in [1.29, 1.82) is 0 Å². The number of thiazole rings is 1. The van der Waals surface area contributed by atoms with Crippen LogP contribution in [-0.4, -0.2) is 44.6 Å². The number of H-pyrrole nitrogens is 1. The Kier molecular flexibility index (Phi) is 5.00. The minimum absolute atomic E-state index is 0.00354. The zero-order valence-corrected chi connectivity index (χ0v) is 14.5. The lowest BCUT2D eigenvalue weighted by molar-refractivity contribution is 0.0797. The van der Waals surface area contributed by atoms with Crippen molar-refractivity contribution in [3.63, 3.8) is 0 Å². The Labute approximate surface area is 144 Å². The minimum Gasteiger partial charge on any atom is -0.341 e. The fourth-order valence-electron chi connectivity index (χ4n) is 2.44. The standard InChI is InChI=1S/C17H19N5OS/c1-12-14(24-16(20-12)15-18-11-19-21-15)17(23)22(2)10-6-9-13-7-4-3-5-8-13/h3-5,7-8,11H,6,9-10H2,1-2H3,(H,18,19,21). The van der Waals surface area contributed by atoms with Crippen LogP contribution in [0.3, 0.4) is 0 Å². The van der Waals surface area contributed by atoms with E-state index in [2.05, 4.69) is 32.3 Å². The Morgan fingerprint density at radius 2 is 2.08 bits per heavy atom. The molecule has 7 heteroatoms. The molecule has 1 amide bonds. The van der Waals surface area contributed by atoms with Crippen LogP contribution in [0.15, 0.2) is 36.7 Å². The monoisotopic (exact) mass is 341 g/mol. The van der Waals surface area contributed by atoms with Crippen LogP contribution in [0, 0.1) is 6.92 Å². The van der Waals surface area contributed by atoms with E-state index in [1.165, 1.54) is 23.2 Å². The fraction of sp³-hybridized carbons (Fsp3) is 0.294. The number of carbonyl (C=O) groups is 1. The molecule has 2 aromatic heterocycles. The van der Waals surface area contributed by atoms with Crippen molar-refractivity contribution >= 4 is 17.2 Å². The highest BCUT2D eigenvalue weighted by Gasteiger charge is 2.20. The third kappa shape index (κ3) is 3.68. The van der Waals surface area contributed by atoms with Gasteiger partial charge in [-0.1, -0.05) is 30.3 Å². The molecule has 0 atom stereocenters. The summed E-state index contributed by atoms with van der Waals surface area (Å²) in [5.74, 6) is 0.595. The molecule has 124 valence electrons. The molecule has 0 aliphatic rings. The topological polar surface area (TPSA) is 74.8 Å².